The second-order valence-corrected chi connectivity index (χ2v) is 4.03. The molecule has 19 heavy (non-hydrogen) atoms. The van der Waals surface area contributed by atoms with Crippen LogP contribution in [-0.2, 0) is 9.53 Å². The molecule has 1 aromatic rings. The largest absolute Gasteiger partial charge is 0.462 e. The second-order valence-electron chi connectivity index (χ2n) is 4.03. The summed E-state index contributed by atoms with van der Waals surface area (Å²) in [5.74, 6) is -0.639. The molecule has 0 saturated carbocycles. The van der Waals surface area contributed by atoms with Crippen LogP contribution in [-0.4, -0.2) is 18.5 Å². The number of allylic oxidation sites excluding steroid dienone is 1. The molecule has 1 amide bonds. The van der Waals surface area contributed by atoms with Gasteiger partial charge in [0.15, 0.2) is 0 Å². The highest BCUT2D eigenvalue weighted by Gasteiger charge is 2.12. The smallest absolute Gasteiger partial charge is 0.340 e. The van der Waals surface area contributed by atoms with Crippen molar-refractivity contribution in [2.75, 3.05) is 11.9 Å². The molecule has 0 atom stereocenters. The van der Waals surface area contributed by atoms with E-state index in [1.165, 1.54) is 6.92 Å². The van der Waals surface area contributed by atoms with E-state index < -0.39 is 5.97 Å². The molecule has 0 spiro atoms. The van der Waals surface area contributed by atoms with Gasteiger partial charge in [-0.05, 0) is 25.0 Å². The van der Waals surface area contributed by atoms with Crippen LogP contribution in [0.4, 0.5) is 5.69 Å². The van der Waals surface area contributed by atoms with Crippen LogP contribution in [0.2, 0.25) is 0 Å². The molecule has 102 valence electrons. The highest BCUT2D eigenvalue weighted by atomic mass is 16.5. The van der Waals surface area contributed by atoms with E-state index in [9.17, 15) is 9.59 Å². The molecule has 0 aliphatic heterocycles. The third-order valence-corrected chi connectivity index (χ3v) is 2.38. The van der Waals surface area contributed by atoms with Crippen LogP contribution in [0, 0.1) is 0 Å². The fourth-order valence-electron chi connectivity index (χ4n) is 1.54. The Hall–Kier alpha value is -2.10. The highest BCUT2D eigenvalue weighted by Crippen LogP contribution is 2.16. The molecule has 0 unspecified atom stereocenters. The number of benzene rings is 1. The first-order chi connectivity index (χ1) is 9.15. The number of ether oxygens (including phenoxy) is 1. The van der Waals surface area contributed by atoms with Gasteiger partial charge in [0.1, 0.15) is 0 Å². The summed E-state index contributed by atoms with van der Waals surface area (Å²) in [5.41, 5.74) is 0.848. The molecule has 1 rings (SSSR count). The number of nitrogens with one attached hydrogen (secondary N) is 1. The standard InChI is InChI=1S/C15H19NO3/c1-3-4-5-8-11-19-15(18)13-9-6-7-10-14(13)16-12(2)17/h4-7,9-10H,3,8,11H2,1-2H3,(H,16,17)/b5-4-. The van der Waals surface area contributed by atoms with Gasteiger partial charge in [-0.3, -0.25) is 4.79 Å². The van der Waals surface area contributed by atoms with E-state index in [-0.39, 0.29) is 5.91 Å². The predicted molar refractivity (Wildman–Crippen MR) is 75.1 cm³/mol. The quantitative estimate of drug-likeness (QED) is 0.486. The number of carbonyl (C=O) groups excluding carboxylic acids is 2. The minimum Gasteiger partial charge on any atom is -0.462 e. The van der Waals surface area contributed by atoms with Gasteiger partial charge in [0, 0.05) is 6.92 Å². The number of para-hydroxylation sites is 1. The van der Waals surface area contributed by atoms with Gasteiger partial charge < -0.3 is 10.1 Å². The molecule has 4 nitrogen and oxygen atoms in total. The number of amides is 1. The van der Waals surface area contributed by atoms with E-state index in [0.717, 1.165) is 6.42 Å². The van der Waals surface area contributed by atoms with Crippen molar-refractivity contribution in [2.24, 2.45) is 0 Å². The van der Waals surface area contributed by atoms with Crippen LogP contribution in [0.15, 0.2) is 36.4 Å². The molecular weight excluding hydrogens is 242 g/mol. The van der Waals surface area contributed by atoms with E-state index in [2.05, 4.69) is 5.32 Å². The Morgan fingerprint density at radius 1 is 1.26 bits per heavy atom. The Morgan fingerprint density at radius 2 is 2.00 bits per heavy atom. The average molecular weight is 261 g/mol. The molecular formula is C15H19NO3. The average Bonchev–Trinajstić information content (AvgIpc) is 2.38. The normalized spacial score (nSPS) is 10.4. The number of esters is 1. The fourth-order valence-corrected chi connectivity index (χ4v) is 1.54. The molecule has 0 radical (unpaired) electrons. The molecule has 1 aromatic carbocycles. The molecule has 4 heteroatoms. The highest BCUT2D eigenvalue weighted by molar-refractivity contribution is 6.00. The minimum atomic E-state index is -0.422. The van der Waals surface area contributed by atoms with Crippen molar-refractivity contribution < 1.29 is 14.3 Å². The van der Waals surface area contributed by atoms with Gasteiger partial charge in [0.2, 0.25) is 5.91 Å². The zero-order valence-electron chi connectivity index (χ0n) is 11.3. The topological polar surface area (TPSA) is 55.4 Å². The van der Waals surface area contributed by atoms with Crippen LogP contribution in [0.3, 0.4) is 0 Å². The summed E-state index contributed by atoms with van der Waals surface area (Å²) in [7, 11) is 0. The molecule has 0 heterocycles. The van der Waals surface area contributed by atoms with Crippen LogP contribution < -0.4 is 5.32 Å². The SMILES string of the molecule is CC/C=C\CCOC(=O)c1ccccc1NC(C)=O. The molecule has 0 bridgehead atoms. The molecule has 0 aliphatic rings. The summed E-state index contributed by atoms with van der Waals surface area (Å²) in [6, 6.07) is 6.80. The van der Waals surface area contributed by atoms with Crippen molar-refractivity contribution in [1.29, 1.82) is 0 Å². The van der Waals surface area contributed by atoms with E-state index in [1.807, 2.05) is 19.1 Å². The van der Waals surface area contributed by atoms with Crippen molar-refractivity contribution in [2.45, 2.75) is 26.7 Å². The van der Waals surface area contributed by atoms with Crippen molar-refractivity contribution >= 4 is 17.6 Å². The third-order valence-electron chi connectivity index (χ3n) is 2.38. The maximum atomic E-state index is 11.9. The lowest BCUT2D eigenvalue weighted by Gasteiger charge is -2.09. The zero-order chi connectivity index (χ0) is 14.1. The number of anilines is 1. The second kappa shape index (κ2) is 8.08. The van der Waals surface area contributed by atoms with Crippen LogP contribution in [0.5, 0.6) is 0 Å². The van der Waals surface area contributed by atoms with E-state index >= 15 is 0 Å². The van der Waals surface area contributed by atoms with Gasteiger partial charge in [0.25, 0.3) is 0 Å². The fraction of sp³-hybridized carbons (Fsp3) is 0.333. The van der Waals surface area contributed by atoms with Gasteiger partial charge in [-0.1, -0.05) is 31.2 Å². The van der Waals surface area contributed by atoms with E-state index in [1.54, 1.807) is 24.3 Å². The predicted octanol–water partition coefficient (Wildman–Crippen LogP) is 3.16. The van der Waals surface area contributed by atoms with Crippen LogP contribution in [0.1, 0.15) is 37.0 Å². The number of rotatable bonds is 6. The summed E-state index contributed by atoms with van der Waals surface area (Å²) in [6.45, 7) is 3.79. The van der Waals surface area contributed by atoms with Gasteiger partial charge in [-0.15, -0.1) is 0 Å². The summed E-state index contributed by atoms with van der Waals surface area (Å²) in [4.78, 5) is 22.9. The van der Waals surface area contributed by atoms with Crippen molar-refractivity contribution in [1.82, 2.24) is 0 Å². The Balaban J connectivity index is 2.61. The molecule has 1 N–H and O–H groups in total. The van der Waals surface area contributed by atoms with Crippen molar-refractivity contribution in [3.8, 4) is 0 Å². The van der Waals surface area contributed by atoms with Gasteiger partial charge >= 0.3 is 5.97 Å². The van der Waals surface area contributed by atoms with Gasteiger partial charge in [-0.2, -0.15) is 0 Å². The maximum Gasteiger partial charge on any atom is 0.340 e. The lowest BCUT2D eigenvalue weighted by Crippen LogP contribution is -2.13. The number of hydrogen-bond acceptors (Lipinski definition) is 3. The van der Waals surface area contributed by atoms with Crippen LogP contribution >= 0.6 is 0 Å². The monoisotopic (exact) mass is 261 g/mol. The zero-order valence-corrected chi connectivity index (χ0v) is 11.3. The van der Waals surface area contributed by atoms with Crippen molar-refractivity contribution in [3.05, 3.63) is 42.0 Å². The maximum absolute atomic E-state index is 11.9. The lowest BCUT2D eigenvalue weighted by molar-refractivity contribution is -0.114. The molecule has 0 aromatic heterocycles. The van der Waals surface area contributed by atoms with E-state index in [4.69, 9.17) is 4.74 Å². The van der Waals surface area contributed by atoms with E-state index in [0.29, 0.717) is 24.3 Å². The summed E-state index contributed by atoms with van der Waals surface area (Å²) in [5, 5.41) is 2.61. The molecule has 0 fully saturated rings. The Bertz CT molecular complexity index is 466. The summed E-state index contributed by atoms with van der Waals surface area (Å²) in [6.07, 6.45) is 5.67. The van der Waals surface area contributed by atoms with Gasteiger partial charge in [0.05, 0.1) is 17.9 Å². The first-order valence-corrected chi connectivity index (χ1v) is 6.34. The van der Waals surface area contributed by atoms with Crippen LogP contribution in [0.25, 0.3) is 0 Å². The Morgan fingerprint density at radius 3 is 2.68 bits per heavy atom. The molecule has 0 saturated heterocycles. The Kier molecular flexibility index (Phi) is 6.36. The third kappa shape index (κ3) is 5.38. The summed E-state index contributed by atoms with van der Waals surface area (Å²) < 4.78 is 5.16. The first-order valence-electron chi connectivity index (χ1n) is 6.34. The Labute approximate surface area is 113 Å². The number of hydrogen-bond donors (Lipinski definition) is 1. The number of carbonyl (C=O) groups is 2. The lowest BCUT2D eigenvalue weighted by atomic mass is 10.2. The van der Waals surface area contributed by atoms with Crippen molar-refractivity contribution in [3.63, 3.8) is 0 Å². The summed E-state index contributed by atoms with van der Waals surface area (Å²) >= 11 is 0. The van der Waals surface area contributed by atoms with Gasteiger partial charge in [-0.25, -0.2) is 4.79 Å². The molecule has 0 aliphatic carbocycles. The minimum absolute atomic E-state index is 0.217. The first kappa shape index (κ1) is 15.0.